The molecular formula is C11H19N3O4. The van der Waals surface area contributed by atoms with Crippen molar-refractivity contribution in [3.05, 3.63) is 0 Å². The monoisotopic (exact) mass is 257 g/mol. The molecule has 1 fully saturated rings. The van der Waals surface area contributed by atoms with Crippen molar-refractivity contribution in [1.82, 2.24) is 10.6 Å². The Balaban J connectivity index is 2.46. The second-order valence-corrected chi connectivity index (χ2v) is 4.41. The van der Waals surface area contributed by atoms with Crippen LogP contribution in [0.3, 0.4) is 0 Å². The number of carboxylic acid groups (broad SMARTS) is 1. The Kier molecular flexibility index (Phi) is 5.57. The lowest BCUT2D eigenvalue weighted by Gasteiger charge is -2.24. The first-order valence-corrected chi connectivity index (χ1v) is 6.05. The molecule has 102 valence electrons. The van der Waals surface area contributed by atoms with Gasteiger partial charge in [-0.2, -0.15) is 0 Å². The molecule has 0 bridgehead atoms. The molecule has 2 atom stereocenters. The Bertz CT molecular complexity index is 326. The normalized spacial score (nSPS) is 21.0. The van der Waals surface area contributed by atoms with Gasteiger partial charge in [0.2, 0.25) is 11.8 Å². The van der Waals surface area contributed by atoms with Gasteiger partial charge < -0.3 is 21.5 Å². The highest BCUT2D eigenvalue weighted by molar-refractivity contribution is 5.87. The highest BCUT2D eigenvalue weighted by atomic mass is 16.4. The highest BCUT2D eigenvalue weighted by Crippen LogP contribution is 2.08. The van der Waals surface area contributed by atoms with Gasteiger partial charge in [0.05, 0.1) is 6.04 Å². The maximum atomic E-state index is 11.8. The highest BCUT2D eigenvalue weighted by Gasteiger charge is 2.26. The largest absolute Gasteiger partial charge is 0.480 e. The SMILES string of the molecule is NC(=O)CC[C@@H](NC(=O)[C@H]1CCCCN1)C(=O)O. The Hall–Kier alpha value is -1.63. The summed E-state index contributed by atoms with van der Waals surface area (Å²) in [5, 5.41) is 14.4. The fourth-order valence-electron chi connectivity index (χ4n) is 1.89. The van der Waals surface area contributed by atoms with E-state index in [1.807, 2.05) is 0 Å². The average molecular weight is 257 g/mol. The maximum absolute atomic E-state index is 11.8. The first kappa shape index (κ1) is 14.4. The molecule has 1 aliphatic rings. The summed E-state index contributed by atoms with van der Waals surface area (Å²) >= 11 is 0. The van der Waals surface area contributed by atoms with Crippen molar-refractivity contribution in [3.63, 3.8) is 0 Å². The lowest BCUT2D eigenvalue weighted by atomic mass is 10.0. The second kappa shape index (κ2) is 6.95. The van der Waals surface area contributed by atoms with Crippen LogP contribution in [0.5, 0.6) is 0 Å². The number of carbonyl (C=O) groups is 3. The number of rotatable bonds is 6. The first-order chi connectivity index (χ1) is 8.50. The van der Waals surface area contributed by atoms with E-state index in [0.717, 1.165) is 19.4 Å². The molecule has 0 aromatic heterocycles. The lowest BCUT2D eigenvalue weighted by molar-refractivity contribution is -0.142. The minimum atomic E-state index is -1.15. The zero-order valence-corrected chi connectivity index (χ0v) is 10.1. The Morgan fingerprint density at radius 2 is 2.11 bits per heavy atom. The molecule has 7 nitrogen and oxygen atoms in total. The van der Waals surface area contributed by atoms with E-state index < -0.39 is 17.9 Å². The molecule has 1 saturated heterocycles. The Labute approximate surface area is 105 Å². The van der Waals surface area contributed by atoms with E-state index >= 15 is 0 Å². The van der Waals surface area contributed by atoms with Crippen LogP contribution >= 0.6 is 0 Å². The third-order valence-corrected chi connectivity index (χ3v) is 2.92. The molecule has 1 rings (SSSR count). The molecule has 0 saturated carbocycles. The van der Waals surface area contributed by atoms with Gasteiger partial charge in [0.15, 0.2) is 0 Å². The summed E-state index contributed by atoms with van der Waals surface area (Å²) in [4.78, 5) is 33.4. The summed E-state index contributed by atoms with van der Waals surface area (Å²) < 4.78 is 0. The number of nitrogens with one attached hydrogen (secondary N) is 2. The van der Waals surface area contributed by atoms with Crippen LogP contribution in [0.25, 0.3) is 0 Å². The van der Waals surface area contributed by atoms with E-state index in [1.165, 1.54) is 0 Å². The third kappa shape index (κ3) is 4.70. The number of carbonyl (C=O) groups excluding carboxylic acids is 2. The minimum absolute atomic E-state index is 0.0170. The predicted molar refractivity (Wildman–Crippen MR) is 63.6 cm³/mol. The van der Waals surface area contributed by atoms with Crippen LogP contribution in [-0.2, 0) is 14.4 Å². The van der Waals surface area contributed by atoms with Crippen LogP contribution in [0.4, 0.5) is 0 Å². The minimum Gasteiger partial charge on any atom is -0.480 e. The van der Waals surface area contributed by atoms with E-state index in [9.17, 15) is 14.4 Å². The molecule has 0 aromatic rings. The van der Waals surface area contributed by atoms with Crippen molar-refractivity contribution in [2.24, 2.45) is 5.73 Å². The van der Waals surface area contributed by atoms with Crippen molar-refractivity contribution in [2.45, 2.75) is 44.2 Å². The summed E-state index contributed by atoms with van der Waals surface area (Å²) in [6.45, 7) is 0.761. The maximum Gasteiger partial charge on any atom is 0.326 e. The van der Waals surface area contributed by atoms with E-state index in [0.29, 0.717) is 6.42 Å². The number of nitrogens with two attached hydrogens (primary N) is 1. The van der Waals surface area contributed by atoms with Crippen LogP contribution in [0.15, 0.2) is 0 Å². The van der Waals surface area contributed by atoms with Crippen LogP contribution in [0.1, 0.15) is 32.1 Å². The van der Waals surface area contributed by atoms with Crippen molar-refractivity contribution < 1.29 is 19.5 Å². The van der Waals surface area contributed by atoms with Gasteiger partial charge in [-0.25, -0.2) is 4.79 Å². The van der Waals surface area contributed by atoms with Gasteiger partial charge in [0.25, 0.3) is 0 Å². The van der Waals surface area contributed by atoms with E-state index in [2.05, 4.69) is 10.6 Å². The van der Waals surface area contributed by atoms with Gasteiger partial charge in [-0.15, -0.1) is 0 Å². The summed E-state index contributed by atoms with van der Waals surface area (Å²) in [5.74, 6) is -2.06. The van der Waals surface area contributed by atoms with E-state index in [-0.39, 0.29) is 24.8 Å². The number of piperidine rings is 1. The van der Waals surface area contributed by atoms with E-state index in [4.69, 9.17) is 10.8 Å². The number of hydrogen-bond donors (Lipinski definition) is 4. The molecule has 0 unspecified atom stereocenters. The molecule has 2 amide bonds. The molecule has 0 radical (unpaired) electrons. The molecule has 0 spiro atoms. The lowest BCUT2D eigenvalue weighted by Crippen LogP contribution is -2.51. The molecule has 18 heavy (non-hydrogen) atoms. The topological polar surface area (TPSA) is 122 Å². The first-order valence-electron chi connectivity index (χ1n) is 6.05. The molecular weight excluding hydrogens is 238 g/mol. The molecule has 5 N–H and O–H groups in total. The number of hydrogen-bond acceptors (Lipinski definition) is 4. The number of amides is 2. The molecule has 0 aromatic carbocycles. The van der Waals surface area contributed by atoms with Crippen molar-refractivity contribution in [1.29, 1.82) is 0 Å². The Morgan fingerprint density at radius 1 is 1.39 bits per heavy atom. The van der Waals surface area contributed by atoms with Crippen LogP contribution in [-0.4, -0.2) is 41.5 Å². The van der Waals surface area contributed by atoms with Crippen molar-refractivity contribution >= 4 is 17.8 Å². The fourth-order valence-corrected chi connectivity index (χ4v) is 1.89. The van der Waals surface area contributed by atoms with Crippen molar-refractivity contribution in [3.8, 4) is 0 Å². The van der Waals surface area contributed by atoms with Gasteiger partial charge in [-0.05, 0) is 25.8 Å². The summed E-state index contributed by atoms with van der Waals surface area (Å²) in [6.07, 6.45) is 2.63. The third-order valence-electron chi connectivity index (χ3n) is 2.92. The van der Waals surface area contributed by atoms with Crippen LogP contribution in [0, 0.1) is 0 Å². The molecule has 1 heterocycles. The Morgan fingerprint density at radius 3 is 2.61 bits per heavy atom. The van der Waals surface area contributed by atoms with Gasteiger partial charge in [0.1, 0.15) is 6.04 Å². The smallest absolute Gasteiger partial charge is 0.326 e. The summed E-state index contributed by atoms with van der Waals surface area (Å²) in [6, 6.07) is -1.40. The summed E-state index contributed by atoms with van der Waals surface area (Å²) in [7, 11) is 0. The van der Waals surface area contributed by atoms with Gasteiger partial charge >= 0.3 is 5.97 Å². The van der Waals surface area contributed by atoms with Crippen molar-refractivity contribution in [2.75, 3.05) is 6.54 Å². The van der Waals surface area contributed by atoms with Gasteiger partial charge in [-0.1, -0.05) is 6.42 Å². The zero-order chi connectivity index (χ0) is 13.5. The van der Waals surface area contributed by atoms with E-state index in [1.54, 1.807) is 0 Å². The fraction of sp³-hybridized carbons (Fsp3) is 0.727. The van der Waals surface area contributed by atoms with Gasteiger partial charge in [0, 0.05) is 6.42 Å². The molecule has 7 heteroatoms. The number of aliphatic carboxylic acids is 1. The molecule has 1 aliphatic heterocycles. The van der Waals surface area contributed by atoms with Gasteiger partial charge in [-0.3, -0.25) is 9.59 Å². The van der Waals surface area contributed by atoms with Crippen LogP contribution in [0.2, 0.25) is 0 Å². The summed E-state index contributed by atoms with van der Waals surface area (Å²) in [5.41, 5.74) is 4.96. The standard InChI is InChI=1S/C11H19N3O4/c12-9(15)5-4-8(11(17)18)14-10(16)7-3-1-2-6-13-7/h7-8,13H,1-6H2,(H2,12,15)(H,14,16)(H,17,18)/t7-,8-/m1/s1. The quantitative estimate of drug-likeness (QED) is 0.484. The molecule has 0 aliphatic carbocycles. The predicted octanol–water partition coefficient (Wildman–Crippen LogP) is -1.04. The zero-order valence-electron chi connectivity index (χ0n) is 10.1. The second-order valence-electron chi connectivity index (χ2n) is 4.41. The number of primary amides is 1. The number of carboxylic acids is 1. The average Bonchev–Trinajstić information content (AvgIpc) is 2.34. The van der Waals surface area contributed by atoms with Crippen LogP contribution < -0.4 is 16.4 Å².